The van der Waals surface area contributed by atoms with Gasteiger partial charge in [-0.3, -0.25) is 10.1 Å². The van der Waals surface area contributed by atoms with Crippen LogP contribution < -0.4 is 5.32 Å². The first-order valence-electron chi connectivity index (χ1n) is 7.86. The molecule has 4 heteroatoms. The Kier molecular flexibility index (Phi) is 6.46. The molecule has 3 atom stereocenters. The fraction of sp³-hybridized carbons (Fsp3) is 0.938. The number of ether oxygens (including phenoxy) is 1. The number of nitrogens with zero attached hydrogens (tertiary/aromatic N) is 1. The van der Waals surface area contributed by atoms with E-state index in [4.69, 9.17) is 4.74 Å². The van der Waals surface area contributed by atoms with Crippen LogP contribution in [-0.2, 0) is 9.53 Å². The molecule has 0 spiro atoms. The fourth-order valence-electron chi connectivity index (χ4n) is 2.94. The first-order chi connectivity index (χ1) is 9.29. The molecular weight excluding hydrogens is 252 g/mol. The summed E-state index contributed by atoms with van der Waals surface area (Å²) in [5.41, 5.74) is 0. The minimum atomic E-state index is -0.0585. The first-order valence-corrected chi connectivity index (χ1v) is 7.86. The molecule has 0 aromatic rings. The predicted octanol–water partition coefficient (Wildman–Crippen LogP) is 2.49. The van der Waals surface area contributed by atoms with Gasteiger partial charge in [0.1, 0.15) is 0 Å². The van der Waals surface area contributed by atoms with Gasteiger partial charge in [0.15, 0.2) is 0 Å². The normalized spacial score (nSPS) is 25.3. The molecule has 3 unspecified atom stereocenters. The van der Waals surface area contributed by atoms with Gasteiger partial charge in [-0.25, -0.2) is 0 Å². The molecule has 1 aliphatic rings. The second kappa shape index (κ2) is 7.41. The first kappa shape index (κ1) is 17.4. The van der Waals surface area contributed by atoms with Gasteiger partial charge < -0.3 is 9.64 Å². The van der Waals surface area contributed by atoms with E-state index in [1.807, 2.05) is 0 Å². The maximum atomic E-state index is 12.8. The van der Waals surface area contributed by atoms with Gasteiger partial charge in [-0.2, -0.15) is 0 Å². The monoisotopic (exact) mass is 284 g/mol. The van der Waals surface area contributed by atoms with Gasteiger partial charge >= 0.3 is 0 Å². The molecular formula is C16H32N2O2. The number of carbonyl (C=O) groups is 1. The molecule has 1 N–H and O–H groups in total. The van der Waals surface area contributed by atoms with Gasteiger partial charge in [-0.05, 0) is 24.2 Å². The largest absolute Gasteiger partial charge is 0.383 e. The number of carbonyl (C=O) groups excluding carboxylic acids is 1. The summed E-state index contributed by atoms with van der Waals surface area (Å²) < 4.78 is 5.35. The fourth-order valence-corrected chi connectivity index (χ4v) is 2.94. The van der Waals surface area contributed by atoms with Crippen molar-refractivity contribution in [3.63, 3.8) is 0 Å². The average Bonchev–Trinajstić information content (AvgIpc) is 2.62. The second-order valence-corrected chi connectivity index (χ2v) is 7.05. The van der Waals surface area contributed by atoms with Crippen LogP contribution in [0.2, 0.25) is 0 Å². The molecule has 20 heavy (non-hydrogen) atoms. The van der Waals surface area contributed by atoms with Gasteiger partial charge in [-0.15, -0.1) is 0 Å². The molecule has 0 bridgehead atoms. The second-order valence-electron chi connectivity index (χ2n) is 7.05. The molecule has 4 nitrogen and oxygen atoms in total. The maximum Gasteiger partial charge on any atom is 0.241 e. The van der Waals surface area contributed by atoms with Crippen molar-refractivity contribution in [1.82, 2.24) is 10.2 Å². The summed E-state index contributed by atoms with van der Waals surface area (Å²) in [4.78, 5) is 14.8. The molecule has 1 aliphatic heterocycles. The maximum absolute atomic E-state index is 12.8. The van der Waals surface area contributed by atoms with E-state index in [9.17, 15) is 4.79 Å². The third kappa shape index (κ3) is 3.95. The minimum absolute atomic E-state index is 0.0585. The molecule has 1 fully saturated rings. The topological polar surface area (TPSA) is 41.6 Å². The zero-order valence-electron chi connectivity index (χ0n) is 14.1. The molecule has 1 amide bonds. The minimum Gasteiger partial charge on any atom is -0.383 e. The van der Waals surface area contributed by atoms with Crippen molar-refractivity contribution < 1.29 is 9.53 Å². The molecule has 0 aromatic heterocycles. The summed E-state index contributed by atoms with van der Waals surface area (Å²) >= 11 is 0. The highest BCUT2D eigenvalue weighted by Gasteiger charge is 2.44. The van der Waals surface area contributed by atoms with Gasteiger partial charge in [0.25, 0.3) is 0 Å². The lowest BCUT2D eigenvalue weighted by atomic mass is 10.00. The average molecular weight is 284 g/mol. The van der Waals surface area contributed by atoms with Gasteiger partial charge in [0.05, 0.1) is 24.9 Å². The van der Waals surface area contributed by atoms with E-state index in [1.54, 1.807) is 7.11 Å². The molecule has 1 saturated heterocycles. The van der Waals surface area contributed by atoms with Crippen molar-refractivity contribution in [2.45, 2.75) is 66.2 Å². The lowest BCUT2D eigenvalue weighted by Crippen LogP contribution is -2.49. The zero-order valence-corrected chi connectivity index (χ0v) is 14.1. The highest BCUT2D eigenvalue weighted by Crippen LogP contribution is 2.26. The predicted molar refractivity (Wildman–Crippen MR) is 82.4 cm³/mol. The third-order valence-corrected chi connectivity index (χ3v) is 4.05. The van der Waals surface area contributed by atoms with E-state index in [-0.39, 0.29) is 24.2 Å². The highest BCUT2D eigenvalue weighted by atomic mass is 16.5. The molecule has 0 aliphatic carbocycles. The molecule has 118 valence electrons. The summed E-state index contributed by atoms with van der Waals surface area (Å²) in [6.45, 7) is 13.5. The summed E-state index contributed by atoms with van der Waals surface area (Å²) in [6.07, 6.45) is 1.12. The van der Waals surface area contributed by atoms with Crippen LogP contribution in [0.5, 0.6) is 0 Å². The Labute approximate surface area is 124 Å². The zero-order chi connectivity index (χ0) is 15.4. The molecule has 0 saturated carbocycles. The third-order valence-electron chi connectivity index (χ3n) is 4.05. The van der Waals surface area contributed by atoms with Gasteiger partial charge in [-0.1, -0.05) is 41.5 Å². The number of amides is 1. The molecule has 1 rings (SSSR count). The van der Waals surface area contributed by atoms with E-state index in [0.717, 1.165) is 6.42 Å². The smallest absolute Gasteiger partial charge is 0.241 e. The van der Waals surface area contributed by atoms with E-state index in [2.05, 4.69) is 51.8 Å². The molecule has 0 aromatic carbocycles. The standard InChI is InChI=1S/C16H32N2O2/c1-10(2)8-14-17-15(12(5)6)16(19)18(14)13(9-20-7)11(3)4/h10-15,17H,8-9H2,1-7H3. The number of nitrogens with one attached hydrogen (secondary N) is 1. The SMILES string of the molecule is COCC(C(C)C)N1C(=O)C(C(C)C)NC1CC(C)C. The van der Waals surface area contributed by atoms with Gasteiger partial charge in [0.2, 0.25) is 5.91 Å². The Morgan fingerprint density at radius 3 is 2.20 bits per heavy atom. The number of methoxy groups -OCH3 is 1. The van der Waals surface area contributed by atoms with E-state index >= 15 is 0 Å². The Bertz CT molecular complexity index is 316. The van der Waals surface area contributed by atoms with E-state index in [0.29, 0.717) is 24.4 Å². The van der Waals surface area contributed by atoms with Crippen molar-refractivity contribution in [2.24, 2.45) is 17.8 Å². The van der Waals surface area contributed by atoms with Crippen molar-refractivity contribution in [2.75, 3.05) is 13.7 Å². The van der Waals surface area contributed by atoms with Crippen LogP contribution in [0.1, 0.15) is 48.0 Å². The lowest BCUT2D eigenvalue weighted by Gasteiger charge is -2.35. The van der Waals surface area contributed by atoms with Crippen LogP contribution in [-0.4, -0.2) is 42.8 Å². The van der Waals surface area contributed by atoms with Crippen molar-refractivity contribution in [3.05, 3.63) is 0 Å². The molecule has 1 heterocycles. The van der Waals surface area contributed by atoms with Crippen molar-refractivity contribution in [1.29, 1.82) is 0 Å². The highest BCUT2D eigenvalue weighted by molar-refractivity contribution is 5.85. The van der Waals surface area contributed by atoms with Gasteiger partial charge in [0, 0.05) is 7.11 Å². The summed E-state index contributed by atoms with van der Waals surface area (Å²) in [5, 5.41) is 3.54. The Balaban J connectivity index is 2.98. The summed E-state index contributed by atoms with van der Waals surface area (Å²) in [6, 6.07) is 0.0874. The van der Waals surface area contributed by atoms with E-state index in [1.165, 1.54) is 0 Å². The van der Waals surface area contributed by atoms with Crippen LogP contribution in [0, 0.1) is 17.8 Å². The van der Waals surface area contributed by atoms with Crippen LogP contribution in [0.4, 0.5) is 0 Å². The number of rotatable bonds is 7. The van der Waals surface area contributed by atoms with Crippen LogP contribution in [0.15, 0.2) is 0 Å². The Hall–Kier alpha value is -0.610. The molecule has 0 radical (unpaired) electrons. The van der Waals surface area contributed by atoms with Crippen LogP contribution in [0.3, 0.4) is 0 Å². The number of hydrogen-bond donors (Lipinski definition) is 1. The Morgan fingerprint density at radius 2 is 1.80 bits per heavy atom. The number of hydrogen-bond acceptors (Lipinski definition) is 3. The lowest BCUT2D eigenvalue weighted by molar-refractivity contribution is -0.135. The summed E-state index contributed by atoms with van der Waals surface area (Å²) in [7, 11) is 1.71. The van der Waals surface area contributed by atoms with E-state index < -0.39 is 0 Å². The Morgan fingerprint density at radius 1 is 1.20 bits per heavy atom. The quantitative estimate of drug-likeness (QED) is 0.781. The van der Waals surface area contributed by atoms with Crippen LogP contribution >= 0.6 is 0 Å². The summed E-state index contributed by atoms with van der Waals surface area (Å²) in [5.74, 6) is 1.50. The van der Waals surface area contributed by atoms with Crippen molar-refractivity contribution in [3.8, 4) is 0 Å². The van der Waals surface area contributed by atoms with Crippen molar-refractivity contribution >= 4 is 5.91 Å². The van der Waals surface area contributed by atoms with Crippen LogP contribution in [0.25, 0.3) is 0 Å².